The normalized spacial score (nSPS) is 11.1. The van der Waals surface area contributed by atoms with E-state index in [0.717, 1.165) is 12.4 Å². The van der Waals surface area contributed by atoms with Crippen molar-refractivity contribution in [3.63, 3.8) is 0 Å². The summed E-state index contributed by atoms with van der Waals surface area (Å²) in [6.07, 6.45) is 4.35. The van der Waals surface area contributed by atoms with Gasteiger partial charge >= 0.3 is 0 Å². The number of primary sulfonamides is 1. The fourth-order valence-electron chi connectivity index (χ4n) is 2.75. The summed E-state index contributed by atoms with van der Waals surface area (Å²) in [6.45, 7) is 1.29. The lowest BCUT2D eigenvalue weighted by atomic mass is 10.2. The van der Waals surface area contributed by atoms with E-state index < -0.39 is 10.0 Å². The van der Waals surface area contributed by atoms with Crippen molar-refractivity contribution < 1.29 is 8.42 Å². The van der Waals surface area contributed by atoms with Gasteiger partial charge in [0.05, 0.1) is 16.1 Å². The second-order valence-electron chi connectivity index (χ2n) is 6.00. The molecule has 0 amide bonds. The van der Waals surface area contributed by atoms with Crippen molar-refractivity contribution in [3.05, 3.63) is 77.9 Å². The minimum absolute atomic E-state index is 0.0806. The molecule has 8 heteroatoms. The summed E-state index contributed by atoms with van der Waals surface area (Å²) in [5.74, 6) is 0.922. The quantitative estimate of drug-likeness (QED) is 0.650. The summed E-state index contributed by atoms with van der Waals surface area (Å²) in [6, 6.07) is 16.3. The fourth-order valence-corrected chi connectivity index (χ4v) is 3.29. The Kier molecular flexibility index (Phi) is 5.54. The van der Waals surface area contributed by atoms with Crippen LogP contribution in [-0.2, 0) is 23.0 Å². The third-order valence-corrected chi connectivity index (χ3v) is 5.01. The van der Waals surface area contributed by atoms with E-state index >= 15 is 0 Å². The molecule has 0 fully saturated rings. The summed E-state index contributed by atoms with van der Waals surface area (Å²) in [4.78, 5) is 4.31. The van der Waals surface area contributed by atoms with E-state index in [2.05, 4.69) is 27.0 Å². The molecule has 0 aliphatic rings. The van der Waals surface area contributed by atoms with Gasteiger partial charge in [-0.3, -0.25) is 0 Å². The van der Waals surface area contributed by atoms with Crippen molar-refractivity contribution in [2.75, 3.05) is 11.9 Å². The lowest BCUT2D eigenvalue weighted by molar-refractivity contribution is 0.598. The predicted octanol–water partition coefficient (Wildman–Crippen LogP) is 2.11. The van der Waals surface area contributed by atoms with E-state index in [1.807, 2.05) is 30.5 Å². The van der Waals surface area contributed by atoms with Gasteiger partial charge in [0.25, 0.3) is 0 Å². The molecule has 3 aromatic rings. The molecule has 3 N–H and O–H groups in total. The number of benzene rings is 2. The molecule has 0 aliphatic heterocycles. The highest BCUT2D eigenvalue weighted by molar-refractivity contribution is 7.89. The zero-order valence-corrected chi connectivity index (χ0v) is 15.4. The van der Waals surface area contributed by atoms with E-state index in [1.54, 1.807) is 12.3 Å². The number of nitriles is 1. The van der Waals surface area contributed by atoms with E-state index in [0.29, 0.717) is 18.7 Å². The summed E-state index contributed by atoms with van der Waals surface area (Å²) in [5.41, 5.74) is 1.98. The van der Waals surface area contributed by atoms with Crippen LogP contribution in [0.4, 0.5) is 5.69 Å². The van der Waals surface area contributed by atoms with Gasteiger partial charge in [0.2, 0.25) is 10.0 Å². The van der Waals surface area contributed by atoms with Crippen LogP contribution in [0.2, 0.25) is 0 Å². The van der Waals surface area contributed by atoms with Crippen molar-refractivity contribution in [3.8, 4) is 6.07 Å². The lowest BCUT2D eigenvalue weighted by Gasteiger charge is -2.11. The third-order valence-electron chi connectivity index (χ3n) is 4.10. The molecule has 1 heterocycles. The second kappa shape index (κ2) is 8.03. The Balaban J connectivity index is 1.66. The molecule has 0 atom stereocenters. The monoisotopic (exact) mass is 381 g/mol. The first kappa shape index (κ1) is 18.6. The van der Waals surface area contributed by atoms with Crippen molar-refractivity contribution in [1.82, 2.24) is 9.55 Å². The number of aromatic nitrogens is 2. The molecule has 0 spiro atoms. The molecule has 0 saturated heterocycles. The van der Waals surface area contributed by atoms with Crippen molar-refractivity contribution in [2.45, 2.75) is 17.9 Å². The summed E-state index contributed by atoms with van der Waals surface area (Å²) >= 11 is 0. The van der Waals surface area contributed by atoms with Gasteiger partial charge in [-0.25, -0.2) is 18.5 Å². The third kappa shape index (κ3) is 4.73. The summed E-state index contributed by atoms with van der Waals surface area (Å²) in [7, 11) is -3.84. The average molecular weight is 381 g/mol. The number of sulfonamides is 1. The molecule has 0 aliphatic carbocycles. The van der Waals surface area contributed by atoms with Gasteiger partial charge in [0, 0.05) is 31.9 Å². The van der Waals surface area contributed by atoms with E-state index in [1.165, 1.54) is 17.7 Å². The zero-order valence-electron chi connectivity index (χ0n) is 14.5. The Bertz CT molecular complexity index is 1070. The Hall–Kier alpha value is -3.15. The van der Waals surface area contributed by atoms with Crippen LogP contribution in [0.5, 0.6) is 0 Å². The van der Waals surface area contributed by atoms with E-state index in [9.17, 15) is 13.7 Å². The molecule has 0 bridgehead atoms. The van der Waals surface area contributed by atoms with E-state index in [-0.39, 0.29) is 10.5 Å². The first-order valence-electron chi connectivity index (χ1n) is 8.32. The fraction of sp³-hybridized carbons (Fsp3) is 0.158. The molecule has 1 aromatic heterocycles. The topological polar surface area (TPSA) is 114 Å². The molecular weight excluding hydrogens is 362 g/mol. The van der Waals surface area contributed by atoms with Crippen LogP contribution in [0.25, 0.3) is 0 Å². The average Bonchev–Trinajstić information content (AvgIpc) is 3.09. The standard InChI is InChI=1S/C19H19N5O2S/c20-13-16-12-17(27(21,25)26)6-7-18(16)22-9-8-19-23-10-11-24(19)14-15-4-2-1-3-5-15/h1-7,10-12,22H,8-9,14H2,(H2,21,25,26). The van der Waals surface area contributed by atoms with Gasteiger partial charge in [-0.05, 0) is 23.8 Å². The number of nitrogens with two attached hydrogens (primary N) is 1. The first-order valence-corrected chi connectivity index (χ1v) is 9.87. The molecule has 0 unspecified atom stereocenters. The van der Waals surface area contributed by atoms with Crippen LogP contribution in [-0.4, -0.2) is 24.5 Å². The van der Waals surface area contributed by atoms with Gasteiger partial charge in [0.1, 0.15) is 11.9 Å². The van der Waals surface area contributed by atoms with Crippen molar-refractivity contribution in [2.24, 2.45) is 5.14 Å². The highest BCUT2D eigenvalue weighted by Crippen LogP contribution is 2.19. The smallest absolute Gasteiger partial charge is 0.238 e. The van der Waals surface area contributed by atoms with Crippen LogP contribution >= 0.6 is 0 Å². The summed E-state index contributed by atoms with van der Waals surface area (Å²) in [5, 5.41) is 17.5. The van der Waals surface area contributed by atoms with Crippen LogP contribution in [0, 0.1) is 11.3 Å². The molecule has 138 valence electrons. The van der Waals surface area contributed by atoms with E-state index in [4.69, 9.17) is 5.14 Å². The minimum atomic E-state index is -3.84. The molecule has 0 radical (unpaired) electrons. The Labute approximate surface area is 158 Å². The Morgan fingerprint density at radius 3 is 2.67 bits per heavy atom. The molecule has 27 heavy (non-hydrogen) atoms. The Morgan fingerprint density at radius 2 is 1.96 bits per heavy atom. The zero-order chi connectivity index (χ0) is 19.3. The highest BCUT2D eigenvalue weighted by atomic mass is 32.2. The maximum Gasteiger partial charge on any atom is 0.238 e. The highest BCUT2D eigenvalue weighted by Gasteiger charge is 2.11. The van der Waals surface area contributed by atoms with Gasteiger partial charge in [-0.15, -0.1) is 0 Å². The number of hydrogen-bond acceptors (Lipinski definition) is 5. The van der Waals surface area contributed by atoms with Crippen LogP contribution in [0.15, 0.2) is 65.8 Å². The molecule has 7 nitrogen and oxygen atoms in total. The molecule has 2 aromatic carbocycles. The number of nitrogens with zero attached hydrogens (tertiary/aromatic N) is 3. The minimum Gasteiger partial charge on any atom is -0.384 e. The predicted molar refractivity (Wildman–Crippen MR) is 102 cm³/mol. The van der Waals surface area contributed by atoms with Crippen LogP contribution in [0.1, 0.15) is 17.0 Å². The number of nitrogens with one attached hydrogen (secondary N) is 1. The van der Waals surface area contributed by atoms with Crippen LogP contribution in [0.3, 0.4) is 0 Å². The summed E-state index contributed by atoms with van der Waals surface area (Å²) < 4.78 is 24.9. The van der Waals surface area contributed by atoms with Crippen molar-refractivity contribution in [1.29, 1.82) is 5.26 Å². The number of hydrogen-bond donors (Lipinski definition) is 2. The van der Waals surface area contributed by atoms with Gasteiger partial charge in [-0.1, -0.05) is 30.3 Å². The van der Waals surface area contributed by atoms with Gasteiger partial charge in [-0.2, -0.15) is 5.26 Å². The number of rotatable bonds is 7. The number of anilines is 1. The van der Waals surface area contributed by atoms with Gasteiger partial charge in [0.15, 0.2) is 0 Å². The number of imidazole rings is 1. The molecular formula is C19H19N5O2S. The first-order chi connectivity index (χ1) is 13.0. The van der Waals surface area contributed by atoms with Crippen LogP contribution < -0.4 is 10.5 Å². The Morgan fingerprint density at radius 1 is 1.19 bits per heavy atom. The largest absolute Gasteiger partial charge is 0.384 e. The molecule has 0 saturated carbocycles. The lowest BCUT2D eigenvalue weighted by Crippen LogP contribution is -2.14. The molecule has 3 rings (SSSR count). The van der Waals surface area contributed by atoms with Gasteiger partial charge < -0.3 is 9.88 Å². The second-order valence-corrected chi connectivity index (χ2v) is 7.56. The maximum atomic E-state index is 11.4. The SMILES string of the molecule is N#Cc1cc(S(N)(=O)=O)ccc1NCCc1nccn1Cc1ccccc1. The van der Waals surface area contributed by atoms with Crippen molar-refractivity contribution >= 4 is 15.7 Å². The maximum absolute atomic E-state index is 11.4.